The first-order valence-electron chi connectivity index (χ1n) is 11.3. The van der Waals surface area contributed by atoms with Crippen LogP contribution in [-0.2, 0) is 26.7 Å². The predicted molar refractivity (Wildman–Crippen MR) is 136 cm³/mol. The van der Waals surface area contributed by atoms with Crippen LogP contribution in [0.1, 0.15) is 6.42 Å². The van der Waals surface area contributed by atoms with E-state index < -0.39 is 27.4 Å². The number of thioether (sulfide) groups is 1. The van der Waals surface area contributed by atoms with E-state index in [0.717, 1.165) is 21.4 Å². The fourth-order valence-electron chi connectivity index (χ4n) is 4.56. The van der Waals surface area contributed by atoms with E-state index in [1.807, 2.05) is 30.1 Å². The highest BCUT2D eigenvalue weighted by molar-refractivity contribution is 8.01. The van der Waals surface area contributed by atoms with E-state index in [-0.39, 0.29) is 36.9 Å². The highest BCUT2D eigenvalue weighted by Gasteiger charge is 2.41. The van der Waals surface area contributed by atoms with Crippen LogP contribution in [0.3, 0.4) is 0 Å². The second kappa shape index (κ2) is 9.55. The number of aromatic nitrogens is 1. The van der Waals surface area contributed by atoms with Gasteiger partial charge in [-0.15, -0.1) is 0 Å². The van der Waals surface area contributed by atoms with Crippen molar-refractivity contribution in [3.8, 4) is 0 Å². The molecule has 2 aromatic carbocycles. The molecule has 5 rings (SSSR count). The van der Waals surface area contributed by atoms with Crippen LogP contribution in [0, 0.1) is 0 Å². The number of carboxylic acids is 1. The molecule has 2 unspecified atom stereocenters. The number of aryl methyl sites for hydroxylation is 1. The number of carboxylic acid groups (broad SMARTS) is 1. The number of nitrogens with one attached hydrogen (secondary N) is 1. The van der Waals surface area contributed by atoms with E-state index in [1.165, 1.54) is 27.0 Å². The van der Waals surface area contributed by atoms with Crippen molar-refractivity contribution in [1.82, 2.24) is 9.21 Å². The minimum atomic E-state index is -3.90. The van der Waals surface area contributed by atoms with Gasteiger partial charge < -0.3 is 15.3 Å². The lowest BCUT2D eigenvalue weighted by Gasteiger charge is -2.41. The number of carbonyl (C=O) groups is 2. The van der Waals surface area contributed by atoms with Crippen molar-refractivity contribution >= 4 is 61.7 Å². The lowest BCUT2D eigenvalue weighted by molar-refractivity contribution is -0.673. The molecule has 2 atom stereocenters. The zero-order valence-corrected chi connectivity index (χ0v) is 21.7. The van der Waals surface area contributed by atoms with E-state index in [9.17, 15) is 23.1 Å². The maximum Gasteiger partial charge on any atom is 0.305 e. The summed E-state index contributed by atoms with van der Waals surface area (Å²) in [4.78, 5) is 27.6. The summed E-state index contributed by atoms with van der Waals surface area (Å²) in [6.45, 7) is 0.0720. The number of amides is 1. The zero-order valence-electron chi connectivity index (χ0n) is 19.3. The Hall–Kier alpha value is -2.86. The van der Waals surface area contributed by atoms with E-state index in [0.29, 0.717) is 5.02 Å². The van der Waals surface area contributed by atoms with E-state index in [1.54, 1.807) is 30.3 Å². The van der Waals surface area contributed by atoms with Crippen LogP contribution in [-0.4, -0.2) is 65.7 Å². The molecule has 36 heavy (non-hydrogen) atoms. The number of fused-ring (bicyclic) bond motifs is 2. The molecule has 0 aliphatic carbocycles. The van der Waals surface area contributed by atoms with Gasteiger partial charge in [-0.3, -0.25) is 9.59 Å². The van der Waals surface area contributed by atoms with Gasteiger partial charge in [0, 0.05) is 30.7 Å². The molecule has 12 heteroatoms. The van der Waals surface area contributed by atoms with Gasteiger partial charge in [-0.1, -0.05) is 35.5 Å². The van der Waals surface area contributed by atoms with Gasteiger partial charge in [0.1, 0.15) is 7.05 Å². The standard InChI is InChI=1S/C24H23ClN4O5S2/c1-27-7-6-20-21(14-27)35-23(26-20)24(32)29-9-8-28(13-18(29)12-22(30)31)36(33,34)19-5-3-15-10-17(25)4-2-16(15)11-19/h2-7,10-11,14,18,23H,8-9,12-13H2,1H3,(H,30,31)/p+1. The van der Waals surface area contributed by atoms with Crippen molar-refractivity contribution < 1.29 is 27.7 Å². The second-order valence-corrected chi connectivity index (χ2v) is 12.4. The van der Waals surface area contributed by atoms with E-state index >= 15 is 0 Å². The number of anilines is 1. The van der Waals surface area contributed by atoms with Crippen molar-refractivity contribution in [2.75, 3.05) is 25.0 Å². The summed E-state index contributed by atoms with van der Waals surface area (Å²) in [6, 6.07) is 11.1. The largest absolute Gasteiger partial charge is 0.481 e. The first-order valence-corrected chi connectivity index (χ1v) is 14.0. The van der Waals surface area contributed by atoms with Crippen LogP contribution in [0.4, 0.5) is 5.69 Å². The van der Waals surface area contributed by atoms with Crippen molar-refractivity contribution in [3.05, 3.63) is 59.9 Å². The van der Waals surface area contributed by atoms with Gasteiger partial charge in [0.2, 0.25) is 10.0 Å². The Balaban J connectivity index is 1.36. The Bertz CT molecular complexity index is 1480. The number of sulfonamides is 1. The Morgan fingerprint density at radius 1 is 1.17 bits per heavy atom. The molecule has 3 aromatic rings. The number of piperazine rings is 1. The molecule has 0 radical (unpaired) electrons. The van der Waals surface area contributed by atoms with E-state index in [4.69, 9.17) is 11.6 Å². The van der Waals surface area contributed by atoms with Gasteiger partial charge in [-0.2, -0.15) is 4.31 Å². The lowest BCUT2D eigenvalue weighted by Crippen LogP contribution is -2.59. The quantitative estimate of drug-likeness (QED) is 0.472. The molecule has 9 nitrogen and oxygen atoms in total. The third-order valence-corrected chi connectivity index (χ3v) is 9.60. The molecule has 1 fully saturated rings. The molecular formula is C24H24ClN4O5S2+. The average Bonchev–Trinajstić information content (AvgIpc) is 3.26. The molecule has 0 saturated carbocycles. The first kappa shape index (κ1) is 24.8. The van der Waals surface area contributed by atoms with Gasteiger partial charge in [-0.25, -0.2) is 13.0 Å². The maximum absolute atomic E-state index is 13.5. The number of hydrogen-bond acceptors (Lipinski definition) is 6. The third-order valence-electron chi connectivity index (χ3n) is 6.37. The minimum absolute atomic E-state index is 0.0716. The predicted octanol–water partition coefficient (Wildman–Crippen LogP) is 2.54. The van der Waals surface area contributed by atoms with Gasteiger partial charge in [0.15, 0.2) is 17.8 Å². The number of benzene rings is 2. The van der Waals surface area contributed by atoms with Crippen LogP contribution in [0.5, 0.6) is 0 Å². The number of halogens is 1. The fourth-order valence-corrected chi connectivity index (χ4v) is 7.40. The second-order valence-electron chi connectivity index (χ2n) is 8.83. The molecule has 0 bridgehead atoms. The number of nitrogens with zero attached hydrogens (tertiary/aromatic N) is 3. The summed E-state index contributed by atoms with van der Waals surface area (Å²) in [5.41, 5.74) is 0.838. The molecule has 1 saturated heterocycles. The monoisotopic (exact) mass is 547 g/mol. The van der Waals surface area contributed by atoms with Gasteiger partial charge >= 0.3 is 5.97 Å². The van der Waals surface area contributed by atoms with Crippen LogP contribution >= 0.6 is 23.4 Å². The Morgan fingerprint density at radius 2 is 1.92 bits per heavy atom. The van der Waals surface area contributed by atoms with Gasteiger partial charge in [0.05, 0.1) is 27.9 Å². The number of rotatable bonds is 5. The maximum atomic E-state index is 13.5. The normalized spacial score (nSPS) is 20.2. The topological polar surface area (TPSA) is 111 Å². The van der Waals surface area contributed by atoms with Crippen LogP contribution in [0.15, 0.2) is 64.6 Å². The zero-order chi connectivity index (χ0) is 25.6. The first-order chi connectivity index (χ1) is 17.1. The summed E-state index contributed by atoms with van der Waals surface area (Å²) in [7, 11) is -2.01. The smallest absolute Gasteiger partial charge is 0.305 e. The van der Waals surface area contributed by atoms with Crippen LogP contribution < -0.4 is 9.88 Å². The fraction of sp³-hybridized carbons (Fsp3) is 0.292. The molecule has 188 valence electrons. The number of pyridine rings is 1. The third kappa shape index (κ3) is 4.75. The van der Waals surface area contributed by atoms with Gasteiger partial charge in [-0.05, 0) is 35.0 Å². The molecule has 0 spiro atoms. The van der Waals surface area contributed by atoms with E-state index in [2.05, 4.69) is 5.32 Å². The summed E-state index contributed by atoms with van der Waals surface area (Å²) < 4.78 is 30.1. The molecule has 1 amide bonds. The summed E-state index contributed by atoms with van der Waals surface area (Å²) in [5, 5.41) is 14.2. The van der Waals surface area contributed by atoms with Crippen LogP contribution in [0.25, 0.3) is 10.8 Å². The molecule has 2 N–H and O–H groups in total. The Morgan fingerprint density at radius 3 is 2.69 bits per heavy atom. The average molecular weight is 548 g/mol. The Labute approximate surface area is 217 Å². The van der Waals surface area contributed by atoms with Crippen molar-refractivity contribution in [3.63, 3.8) is 0 Å². The number of aliphatic carboxylic acids is 1. The summed E-state index contributed by atoms with van der Waals surface area (Å²) in [5.74, 6) is -1.35. The van der Waals surface area contributed by atoms with Crippen LogP contribution in [0.2, 0.25) is 5.02 Å². The molecular weight excluding hydrogens is 524 g/mol. The molecule has 2 aliphatic heterocycles. The van der Waals surface area contributed by atoms with Crippen molar-refractivity contribution in [2.45, 2.75) is 27.6 Å². The lowest BCUT2D eigenvalue weighted by atomic mass is 10.1. The minimum Gasteiger partial charge on any atom is -0.481 e. The molecule has 2 aliphatic rings. The molecule has 1 aromatic heterocycles. The number of carbonyl (C=O) groups excluding carboxylic acids is 1. The summed E-state index contributed by atoms with van der Waals surface area (Å²) >= 11 is 7.40. The summed E-state index contributed by atoms with van der Waals surface area (Å²) in [6.07, 6.45) is 3.43. The van der Waals surface area contributed by atoms with Gasteiger partial charge in [0.25, 0.3) is 5.91 Å². The highest BCUT2D eigenvalue weighted by Crippen LogP contribution is 2.38. The highest BCUT2D eigenvalue weighted by atomic mass is 35.5. The number of hydrogen-bond donors (Lipinski definition) is 2. The van der Waals surface area contributed by atoms with Crippen molar-refractivity contribution in [2.24, 2.45) is 7.05 Å². The molecule has 3 heterocycles. The SMILES string of the molecule is C[n+]1ccc2c(c1)SC(C(=O)N1CCN(S(=O)(=O)c3ccc4cc(Cl)ccc4c3)CC1CC(=O)O)N2. The van der Waals surface area contributed by atoms with Crippen molar-refractivity contribution in [1.29, 1.82) is 0 Å². The Kier molecular flexibility index (Phi) is 6.58.